The van der Waals surface area contributed by atoms with Crippen molar-refractivity contribution in [3.05, 3.63) is 64.1 Å². The number of carbonyl (C=O) groups is 1. The highest BCUT2D eigenvalue weighted by atomic mass is 32.2. The number of ether oxygens (including phenoxy) is 2. The van der Waals surface area contributed by atoms with Crippen LogP contribution < -0.4 is 20.3 Å². The lowest BCUT2D eigenvalue weighted by Crippen LogP contribution is -2.17. The summed E-state index contributed by atoms with van der Waals surface area (Å²) >= 11 is 1.14. The van der Waals surface area contributed by atoms with Gasteiger partial charge in [-0.05, 0) is 43.2 Å². The van der Waals surface area contributed by atoms with E-state index in [9.17, 15) is 9.59 Å². The van der Waals surface area contributed by atoms with Crippen LogP contribution in [0, 0.1) is 13.8 Å². The Balaban J connectivity index is 1.34. The molecule has 0 atom stereocenters. The van der Waals surface area contributed by atoms with Gasteiger partial charge in [-0.1, -0.05) is 23.9 Å². The first-order valence-corrected chi connectivity index (χ1v) is 11.3. The predicted octanol–water partition coefficient (Wildman–Crippen LogP) is 3.23. The van der Waals surface area contributed by atoms with E-state index < -0.39 is 0 Å². The highest BCUT2D eigenvalue weighted by Gasteiger charge is 2.16. The molecule has 0 aliphatic carbocycles. The third kappa shape index (κ3) is 4.17. The number of aromatic amines is 1. The molecule has 10 heteroatoms. The molecule has 0 radical (unpaired) electrons. The Morgan fingerprint density at radius 1 is 1.18 bits per heavy atom. The number of fused-ring (bicyclic) bond motifs is 2. The number of amides is 1. The van der Waals surface area contributed by atoms with Gasteiger partial charge in [-0.2, -0.15) is 5.10 Å². The fourth-order valence-corrected chi connectivity index (χ4v) is 4.22. The number of benzene rings is 2. The van der Waals surface area contributed by atoms with Gasteiger partial charge in [0, 0.05) is 11.8 Å². The van der Waals surface area contributed by atoms with Gasteiger partial charge in [0.25, 0.3) is 5.56 Å². The molecule has 1 aliphatic heterocycles. The van der Waals surface area contributed by atoms with E-state index in [1.165, 1.54) is 6.20 Å². The number of nitrogens with one attached hydrogen (secondary N) is 2. The van der Waals surface area contributed by atoms with Gasteiger partial charge in [0.15, 0.2) is 22.3 Å². The number of aryl methyl sites for hydroxylation is 1. The molecule has 3 heterocycles. The summed E-state index contributed by atoms with van der Waals surface area (Å²) in [5.74, 6) is 1.09. The van der Waals surface area contributed by atoms with Crippen molar-refractivity contribution in [1.82, 2.24) is 19.7 Å². The average molecular weight is 464 g/mol. The minimum Gasteiger partial charge on any atom is -0.486 e. The van der Waals surface area contributed by atoms with Crippen molar-refractivity contribution >= 4 is 34.4 Å². The van der Waals surface area contributed by atoms with Crippen molar-refractivity contribution in [2.24, 2.45) is 0 Å². The van der Waals surface area contributed by atoms with E-state index in [-0.39, 0.29) is 17.2 Å². The Morgan fingerprint density at radius 2 is 2.00 bits per heavy atom. The minimum absolute atomic E-state index is 0.0699. The molecule has 9 nitrogen and oxygen atoms in total. The Hall–Kier alpha value is -3.79. The summed E-state index contributed by atoms with van der Waals surface area (Å²) in [5.41, 5.74) is 3.78. The second-order valence-corrected chi connectivity index (χ2v) is 8.54. The minimum atomic E-state index is -0.300. The summed E-state index contributed by atoms with van der Waals surface area (Å²) in [6, 6.07) is 11.1. The van der Waals surface area contributed by atoms with E-state index in [1.807, 2.05) is 32.0 Å². The molecular weight excluding hydrogens is 442 g/mol. The van der Waals surface area contributed by atoms with Crippen molar-refractivity contribution in [3.8, 4) is 17.2 Å². The quantitative estimate of drug-likeness (QED) is 0.345. The summed E-state index contributed by atoms with van der Waals surface area (Å²) < 4.78 is 12.7. The lowest BCUT2D eigenvalue weighted by Gasteiger charge is -2.18. The molecule has 0 spiro atoms. The van der Waals surface area contributed by atoms with Crippen LogP contribution in [-0.2, 0) is 4.79 Å². The molecule has 33 heavy (non-hydrogen) atoms. The maximum atomic E-state index is 12.6. The van der Waals surface area contributed by atoms with Gasteiger partial charge in [0.2, 0.25) is 5.91 Å². The van der Waals surface area contributed by atoms with E-state index in [1.54, 1.807) is 22.9 Å². The maximum absolute atomic E-state index is 12.6. The third-order valence-corrected chi connectivity index (χ3v) is 6.26. The van der Waals surface area contributed by atoms with Gasteiger partial charge in [0.05, 0.1) is 17.6 Å². The Labute approximate surface area is 193 Å². The predicted molar refractivity (Wildman–Crippen MR) is 126 cm³/mol. The molecule has 0 saturated carbocycles. The standard InChI is InChI=1S/C23H21N5O4S/c1-13-4-3-5-17(14(13)2)28-21-16(11-24-28)22(30)27-23(26-21)33-12-20(29)25-15-6-7-18-19(10-15)32-9-8-31-18/h3-7,10-11H,8-9,12H2,1-2H3,(H,25,29)(H,26,27,30). The second-order valence-electron chi connectivity index (χ2n) is 7.58. The topological polar surface area (TPSA) is 111 Å². The van der Waals surface area contributed by atoms with Crippen LogP contribution in [0.3, 0.4) is 0 Å². The molecule has 5 rings (SSSR count). The van der Waals surface area contributed by atoms with Crippen LogP contribution >= 0.6 is 11.8 Å². The van der Waals surface area contributed by atoms with Crippen LogP contribution in [-0.4, -0.2) is 44.6 Å². The molecule has 1 aliphatic rings. The molecule has 0 bridgehead atoms. The van der Waals surface area contributed by atoms with E-state index in [0.717, 1.165) is 28.6 Å². The van der Waals surface area contributed by atoms with E-state index in [2.05, 4.69) is 20.4 Å². The summed E-state index contributed by atoms with van der Waals surface area (Å²) in [6.07, 6.45) is 1.51. The number of H-pyrrole nitrogens is 1. The zero-order valence-electron chi connectivity index (χ0n) is 18.0. The smallest absolute Gasteiger partial charge is 0.262 e. The van der Waals surface area contributed by atoms with E-state index in [4.69, 9.17) is 9.47 Å². The molecule has 2 aromatic carbocycles. The molecule has 168 valence electrons. The van der Waals surface area contributed by atoms with E-state index >= 15 is 0 Å². The molecule has 0 fully saturated rings. The highest BCUT2D eigenvalue weighted by Crippen LogP contribution is 2.32. The van der Waals surface area contributed by atoms with Gasteiger partial charge in [-0.25, -0.2) is 9.67 Å². The Bertz CT molecular complexity index is 1430. The number of rotatable bonds is 5. The maximum Gasteiger partial charge on any atom is 0.262 e. The Kier molecular flexibility index (Phi) is 5.51. The van der Waals surface area contributed by atoms with Crippen LogP contribution in [0.5, 0.6) is 11.5 Å². The summed E-state index contributed by atoms with van der Waals surface area (Å²) in [4.78, 5) is 32.4. The first kappa shape index (κ1) is 21.1. The second kappa shape index (κ2) is 8.62. The van der Waals surface area contributed by atoms with Gasteiger partial charge in [0.1, 0.15) is 18.6 Å². The van der Waals surface area contributed by atoms with Crippen LogP contribution in [0.1, 0.15) is 11.1 Å². The number of thioether (sulfide) groups is 1. The molecule has 0 unspecified atom stereocenters. The summed E-state index contributed by atoms with van der Waals surface area (Å²) in [7, 11) is 0. The fraction of sp³-hybridized carbons (Fsp3) is 0.217. The first-order chi connectivity index (χ1) is 16.0. The van der Waals surface area contributed by atoms with Crippen LogP contribution in [0.15, 0.2) is 52.5 Å². The number of nitrogens with zero attached hydrogens (tertiary/aromatic N) is 3. The molecule has 0 saturated heterocycles. The molecular formula is C23H21N5O4S. The monoisotopic (exact) mass is 463 g/mol. The fourth-order valence-electron chi connectivity index (χ4n) is 3.56. The van der Waals surface area contributed by atoms with Gasteiger partial charge in [-0.15, -0.1) is 0 Å². The van der Waals surface area contributed by atoms with Gasteiger partial charge in [-0.3, -0.25) is 9.59 Å². The Morgan fingerprint density at radius 3 is 2.85 bits per heavy atom. The van der Waals surface area contributed by atoms with Crippen LogP contribution in [0.2, 0.25) is 0 Å². The number of hydrogen-bond donors (Lipinski definition) is 2. The zero-order valence-corrected chi connectivity index (χ0v) is 18.9. The summed E-state index contributed by atoms with van der Waals surface area (Å²) in [6.45, 7) is 5.00. The summed E-state index contributed by atoms with van der Waals surface area (Å²) in [5, 5.41) is 7.94. The first-order valence-electron chi connectivity index (χ1n) is 10.4. The van der Waals surface area contributed by atoms with E-state index in [0.29, 0.717) is 46.6 Å². The SMILES string of the molecule is Cc1cccc(-n2ncc3c(=O)[nH]c(SCC(=O)Nc4ccc5c(c4)OCCO5)nc32)c1C. The lowest BCUT2D eigenvalue weighted by molar-refractivity contribution is -0.113. The van der Waals surface area contributed by atoms with Crippen molar-refractivity contribution < 1.29 is 14.3 Å². The van der Waals surface area contributed by atoms with Crippen LogP contribution in [0.4, 0.5) is 5.69 Å². The van der Waals surface area contributed by atoms with Crippen molar-refractivity contribution in [3.63, 3.8) is 0 Å². The molecule has 1 amide bonds. The molecule has 2 aromatic heterocycles. The normalized spacial score (nSPS) is 12.7. The number of anilines is 1. The molecule has 2 N–H and O–H groups in total. The average Bonchev–Trinajstić information content (AvgIpc) is 3.24. The highest BCUT2D eigenvalue weighted by molar-refractivity contribution is 7.99. The third-order valence-electron chi connectivity index (χ3n) is 5.39. The number of hydrogen-bond acceptors (Lipinski definition) is 7. The van der Waals surface area contributed by atoms with Gasteiger partial charge >= 0.3 is 0 Å². The molecule has 4 aromatic rings. The van der Waals surface area contributed by atoms with Crippen molar-refractivity contribution in [2.45, 2.75) is 19.0 Å². The van der Waals surface area contributed by atoms with Crippen molar-refractivity contribution in [2.75, 3.05) is 24.3 Å². The zero-order chi connectivity index (χ0) is 22.9. The largest absolute Gasteiger partial charge is 0.486 e. The number of aromatic nitrogens is 4. The van der Waals surface area contributed by atoms with Crippen molar-refractivity contribution in [1.29, 1.82) is 0 Å². The van der Waals surface area contributed by atoms with Crippen LogP contribution in [0.25, 0.3) is 16.7 Å². The number of carbonyl (C=O) groups excluding carboxylic acids is 1. The van der Waals surface area contributed by atoms with Gasteiger partial charge < -0.3 is 19.8 Å². The lowest BCUT2D eigenvalue weighted by atomic mass is 10.1.